The first-order valence-electron chi connectivity index (χ1n) is 28.4. The predicted octanol–water partition coefficient (Wildman–Crippen LogP) is 7.35. The number of fused-ring (bicyclic) bond motifs is 2. The number of hydrogen-bond acceptors (Lipinski definition) is 25. The zero-order valence-electron chi connectivity index (χ0n) is 50.4. The van der Waals surface area contributed by atoms with Crippen molar-refractivity contribution in [3.8, 4) is 34.3 Å². The highest BCUT2D eigenvalue weighted by Crippen LogP contribution is 2.66. The number of phosphoric acid groups is 3. The number of urea groups is 1. The molecule has 3 aliphatic rings. The van der Waals surface area contributed by atoms with Gasteiger partial charge in [-0.3, -0.25) is 13.9 Å². The fraction of sp³-hybridized carbons (Fsp3) is 0.455. The number of nitrogens with one attached hydrogen (secondary N) is 4. The number of aromatic carboxylic acids is 1. The van der Waals surface area contributed by atoms with E-state index < -0.39 is 72.9 Å². The van der Waals surface area contributed by atoms with Crippen LogP contribution in [0.2, 0.25) is 0 Å². The fourth-order valence-corrected chi connectivity index (χ4v) is 14.1. The molecule has 3 heterocycles. The monoisotopic (exact) mass is 1400 g/mol. The molecule has 6 rings (SSSR count). The van der Waals surface area contributed by atoms with Crippen LogP contribution in [0.5, 0.6) is 0 Å². The molecule has 2 amide bonds. The number of aromatic nitrogens is 2. The van der Waals surface area contributed by atoms with Crippen molar-refractivity contribution in [2.45, 2.75) is 82.0 Å². The summed E-state index contributed by atoms with van der Waals surface area (Å²) in [5.74, 6) is 4.60. The van der Waals surface area contributed by atoms with Crippen molar-refractivity contribution in [3.63, 3.8) is 0 Å². The smallest absolute Gasteiger partial charge is 0.478 e. The number of hydrogen-bond donors (Lipinski definition) is 11. The number of carbonyl (C=O) groups excluding carboxylic acids is 2. The summed E-state index contributed by atoms with van der Waals surface area (Å²) < 4.78 is 87.7. The van der Waals surface area contributed by atoms with Crippen LogP contribution in [-0.2, 0) is 60.1 Å². The number of anilines is 2. The van der Waals surface area contributed by atoms with Gasteiger partial charge in [0.05, 0.1) is 62.2 Å². The molecule has 3 aromatic rings. The van der Waals surface area contributed by atoms with E-state index in [1.165, 1.54) is 6.20 Å². The SMILES string of the molecule is C=C(NCCOCCOCCCC(=O)OCCC(C)(C)SSCOCCCCCNC(=O)NCC#Cc1cn([C@H]2CC(OCN=[N+]=[N-])[C@@H](COP(=O)(O)OP(=O)(O)OP(=O)(O)O)O2)c(=O)nc1N)c1ccc(C(=O)O)c(-c2c3ccc(=N)cc-3oc3cc(N)ccc23)c1. The molecule has 0 saturated carbocycles. The molecule has 1 aromatic heterocycles. The Morgan fingerprint density at radius 2 is 1.68 bits per heavy atom. The molecular formula is C55H72N11O22P3S2. The lowest BCUT2D eigenvalue weighted by molar-refractivity contribution is -0.144. The molecule has 2 aromatic carbocycles. The van der Waals surface area contributed by atoms with E-state index in [1.54, 1.807) is 76.2 Å². The Balaban J connectivity index is 0.766. The fourth-order valence-electron chi connectivity index (χ4n) is 8.78. The van der Waals surface area contributed by atoms with E-state index in [0.29, 0.717) is 122 Å². The number of carboxylic acid groups (broad SMARTS) is 1. The van der Waals surface area contributed by atoms with Gasteiger partial charge in [-0.25, -0.2) is 28.1 Å². The molecule has 0 bridgehead atoms. The van der Waals surface area contributed by atoms with Crippen LogP contribution in [0.15, 0.2) is 81.7 Å². The van der Waals surface area contributed by atoms with E-state index in [0.717, 1.165) is 17.4 Å². The number of nitrogens with two attached hydrogens (primary N) is 2. The van der Waals surface area contributed by atoms with Gasteiger partial charge in [-0.15, -0.1) is 0 Å². The number of ether oxygens (including phenoxy) is 6. The zero-order chi connectivity index (χ0) is 67.8. The third-order valence-electron chi connectivity index (χ3n) is 13.1. The number of carboxylic acids is 1. The minimum Gasteiger partial charge on any atom is -0.478 e. The Hall–Kier alpha value is -6.86. The molecule has 0 spiro atoms. The Bertz CT molecular complexity index is 3780. The second-order valence-electron chi connectivity index (χ2n) is 20.7. The first kappa shape index (κ1) is 75.2. The number of carbonyl (C=O) groups is 3. The molecule has 506 valence electrons. The summed E-state index contributed by atoms with van der Waals surface area (Å²) in [5, 5.41) is 31.0. The van der Waals surface area contributed by atoms with Gasteiger partial charge in [0, 0.05) is 95.0 Å². The summed E-state index contributed by atoms with van der Waals surface area (Å²) in [4.78, 5) is 93.3. The molecule has 0 radical (unpaired) electrons. The van der Waals surface area contributed by atoms with Crippen molar-refractivity contribution >= 4 is 91.2 Å². The number of esters is 1. The highest BCUT2D eigenvalue weighted by atomic mass is 33.1. The lowest BCUT2D eigenvalue weighted by atomic mass is 9.89. The minimum atomic E-state index is -5.82. The molecule has 13 N–H and O–H groups in total. The van der Waals surface area contributed by atoms with E-state index in [4.69, 9.17) is 65.0 Å². The third kappa shape index (κ3) is 25.4. The maximum absolute atomic E-state index is 12.9. The minimum absolute atomic E-state index is 0.0427. The summed E-state index contributed by atoms with van der Waals surface area (Å²) >= 11 is 0. The van der Waals surface area contributed by atoms with E-state index in [2.05, 4.69) is 76.4 Å². The maximum atomic E-state index is 12.9. The molecule has 5 atom stereocenters. The zero-order valence-corrected chi connectivity index (χ0v) is 54.7. The maximum Gasteiger partial charge on any atom is 0.490 e. The summed E-state index contributed by atoms with van der Waals surface area (Å²) in [5.41, 5.74) is 23.7. The van der Waals surface area contributed by atoms with Crippen LogP contribution in [0.1, 0.15) is 86.5 Å². The number of benzene rings is 3. The van der Waals surface area contributed by atoms with Gasteiger partial charge in [0.25, 0.3) is 0 Å². The van der Waals surface area contributed by atoms with Crippen molar-refractivity contribution in [1.82, 2.24) is 25.5 Å². The second kappa shape index (κ2) is 36.1. The molecule has 1 aliphatic carbocycles. The number of unbranched alkanes of at least 4 members (excludes halogenated alkanes) is 2. The van der Waals surface area contributed by atoms with Crippen molar-refractivity contribution in [3.05, 3.63) is 110 Å². The molecule has 33 nitrogen and oxygen atoms in total. The number of phosphoric ester groups is 1. The molecular weight excluding hydrogens is 1320 g/mol. The quantitative estimate of drug-likeness (QED) is 0.00156. The largest absolute Gasteiger partial charge is 0.490 e. The molecule has 2 aliphatic heterocycles. The molecule has 3 unspecified atom stereocenters. The Morgan fingerprint density at radius 3 is 2.43 bits per heavy atom. The highest BCUT2D eigenvalue weighted by Gasteiger charge is 2.44. The lowest BCUT2D eigenvalue weighted by Crippen LogP contribution is -2.36. The van der Waals surface area contributed by atoms with Gasteiger partial charge < -0.3 is 90.3 Å². The lowest BCUT2D eigenvalue weighted by Gasteiger charge is -2.22. The van der Waals surface area contributed by atoms with Crippen LogP contribution in [0, 0.1) is 17.3 Å². The van der Waals surface area contributed by atoms with Crippen molar-refractivity contribution in [1.29, 1.82) is 5.41 Å². The first-order valence-corrected chi connectivity index (χ1v) is 35.2. The highest BCUT2D eigenvalue weighted by molar-refractivity contribution is 8.77. The van der Waals surface area contributed by atoms with Crippen LogP contribution in [0.25, 0.3) is 49.6 Å². The van der Waals surface area contributed by atoms with Crippen LogP contribution >= 0.6 is 45.1 Å². The summed E-state index contributed by atoms with van der Waals surface area (Å²) in [6.07, 6.45) is 0.879. The first-order chi connectivity index (χ1) is 44.1. The number of amides is 2. The molecule has 38 heteroatoms. The number of azide groups is 1. The van der Waals surface area contributed by atoms with Crippen molar-refractivity contribution < 1.29 is 98.7 Å². The van der Waals surface area contributed by atoms with Crippen LogP contribution in [0.4, 0.5) is 16.3 Å². The van der Waals surface area contributed by atoms with Gasteiger partial charge in [-0.1, -0.05) is 51.2 Å². The third-order valence-corrected chi connectivity index (χ3v) is 20.0. The van der Waals surface area contributed by atoms with Gasteiger partial charge in [0.1, 0.15) is 42.2 Å². The Labute approximate surface area is 540 Å². The van der Waals surface area contributed by atoms with Crippen molar-refractivity contribution in [2.24, 2.45) is 5.11 Å². The van der Waals surface area contributed by atoms with Gasteiger partial charge in [-0.2, -0.15) is 13.6 Å². The van der Waals surface area contributed by atoms with Gasteiger partial charge in [0.2, 0.25) is 0 Å². The normalized spacial score (nSPS) is 16.1. The van der Waals surface area contributed by atoms with Crippen molar-refractivity contribution in [2.75, 3.05) is 90.0 Å². The van der Waals surface area contributed by atoms with Gasteiger partial charge in [0.15, 0.2) is 0 Å². The predicted molar refractivity (Wildman–Crippen MR) is 341 cm³/mol. The van der Waals surface area contributed by atoms with E-state index in [9.17, 15) is 47.8 Å². The second-order valence-corrected chi connectivity index (χ2v) is 28.1. The summed E-state index contributed by atoms with van der Waals surface area (Å²) in [6.45, 7) is 9.62. The molecule has 93 heavy (non-hydrogen) atoms. The van der Waals surface area contributed by atoms with E-state index >= 15 is 0 Å². The molecule has 1 fully saturated rings. The van der Waals surface area contributed by atoms with Crippen LogP contribution < -0.4 is 38.5 Å². The van der Waals surface area contributed by atoms with E-state index in [1.807, 2.05) is 0 Å². The topological polar surface area (TPSA) is 495 Å². The summed E-state index contributed by atoms with van der Waals surface area (Å²) in [7, 11) is -13.8. The average Bonchev–Trinajstić information content (AvgIpc) is 1.24. The standard InChI is InChI=1S/C55H72N11O22P3S2/c1-35(36-11-14-40(52(68)69)43(27-36)50-41-15-12-38(56)28-44(41)85-45-29-39(57)13-16-42(45)50)60-20-24-80-26-25-79-22-8-10-49(67)82-23-17-55(2,3)93-92-34-81-21-6-4-5-18-61-53(70)62-19-7-9-37-31-66(54(71)64-51(37)58)48-30-46(83-33-63-65-59)47(86-48)32-84-90(75,76)88-91(77,78)87-89(72,73)74/h11-16,27-29,31,46-48,56,60H,1,4-6,8,10,17-26,30,32-34,57H2,2-3H3,(H,68,69)(H,75,76)(H,77,78)(H2,58,64,71)(H2,61,62,70)(H2,72,73,74)/t46?,47-,48-/m1/s1. The van der Waals surface area contributed by atoms with Gasteiger partial charge >= 0.3 is 47.1 Å². The number of nitrogens with zero attached hydrogens (tertiary/aromatic N) is 5. The number of nitrogen functional groups attached to an aromatic ring is 2. The van der Waals surface area contributed by atoms with Crippen LogP contribution in [0.3, 0.4) is 0 Å². The number of rotatable bonds is 39. The molecule has 1 saturated heterocycles. The Morgan fingerprint density at radius 1 is 0.914 bits per heavy atom. The van der Waals surface area contributed by atoms with E-state index in [-0.39, 0.29) is 59.0 Å². The average molecular weight is 1400 g/mol. The van der Waals surface area contributed by atoms with Crippen LogP contribution in [-0.4, -0.2) is 148 Å². The summed E-state index contributed by atoms with van der Waals surface area (Å²) in [6, 6.07) is 14.6. The van der Waals surface area contributed by atoms with Gasteiger partial charge in [-0.05, 0) is 99.0 Å². The Kier molecular flexibility index (Phi) is 29.2.